The molecule has 0 aliphatic rings. The summed E-state index contributed by atoms with van der Waals surface area (Å²) in [7, 11) is 0. The maximum absolute atomic E-state index is 3.91. The maximum Gasteiger partial charge on any atom is 2.00 e. The van der Waals surface area contributed by atoms with Crippen molar-refractivity contribution < 1.29 is 42.1 Å². The zero-order valence-electron chi connectivity index (χ0n) is 8.37. The zero-order chi connectivity index (χ0) is 6.69. The van der Waals surface area contributed by atoms with Crippen molar-refractivity contribution in [1.82, 2.24) is 9.97 Å². The van der Waals surface area contributed by atoms with Crippen LogP contribution >= 0.6 is 0 Å². The van der Waals surface area contributed by atoms with Crippen molar-refractivity contribution in [1.29, 1.82) is 0 Å². The predicted molar refractivity (Wildman–Crippen MR) is 46.6 cm³/mol. The van der Waals surface area contributed by atoms with Crippen LogP contribution < -0.4 is 0 Å². The molecule has 0 atom stereocenters. The number of hydrogen-bond donors (Lipinski definition) is 0. The van der Waals surface area contributed by atoms with Gasteiger partial charge in [0.05, 0.1) is 0 Å². The van der Waals surface area contributed by atoms with Crippen molar-refractivity contribution >= 4 is 0 Å². The predicted octanol–water partition coefficient (Wildman–Crippen LogP) is 2.10. The van der Waals surface area contributed by atoms with Crippen molar-refractivity contribution in [3.05, 3.63) is 39.1 Å². The molecule has 0 amide bonds. The average molecular weight is 518 g/mol. The summed E-state index contributed by atoms with van der Waals surface area (Å²) in [6.45, 7) is 4.08. The van der Waals surface area contributed by atoms with Crippen molar-refractivity contribution in [2.45, 2.75) is 19.8 Å². The Morgan fingerprint density at radius 1 is 1.08 bits per heavy atom. The van der Waals surface area contributed by atoms with E-state index in [-0.39, 0.29) is 57.0 Å². The molecular formula is C9H14N2W2. The molecule has 0 aromatic carbocycles. The van der Waals surface area contributed by atoms with Crippen molar-refractivity contribution in [3.63, 3.8) is 0 Å². The molecule has 0 N–H and O–H groups in total. The molecule has 0 aliphatic heterocycles. The van der Waals surface area contributed by atoms with Gasteiger partial charge in [-0.2, -0.15) is 0 Å². The minimum Gasteiger partial charge on any atom is -0.509 e. The Morgan fingerprint density at radius 2 is 1.46 bits per heavy atom. The van der Waals surface area contributed by atoms with Crippen molar-refractivity contribution in [2.24, 2.45) is 0 Å². The Labute approximate surface area is 110 Å². The molecule has 0 aliphatic carbocycles. The summed E-state index contributed by atoms with van der Waals surface area (Å²) < 4.78 is 0. The molecule has 2 nitrogen and oxygen atoms in total. The topological polar surface area (TPSA) is 25.8 Å². The molecule has 1 heterocycles. The molecule has 0 fully saturated rings. The Morgan fingerprint density at radius 3 is 1.69 bits per heavy atom. The number of aromatic nitrogens is 2. The van der Waals surface area contributed by atoms with Gasteiger partial charge in [-0.05, 0) is 0 Å². The van der Waals surface area contributed by atoms with Crippen LogP contribution in [0, 0.1) is 27.2 Å². The van der Waals surface area contributed by atoms with Gasteiger partial charge in [-0.15, -0.1) is 5.82 Å². The van der Waals surface area contributed by atoms with Gasteiger partial charge in [-0.1, -0.05) is 19.8 Å². The quantitative estimate of drug-likeness (QED) is 0.533. The van der Waals surface area contributed by atoms with Gasteiger partial charge < -0.3 is 24.8 Å². The Hall–Kier alpha value is 0.457. The molecular weight excluding hydrogens is 504 g/mol. The van der Waals surface area contributed by atoms with Gasteiger partial charge in [0.25, 0.3) is 0 Å². The first-order valence-electron chi connectivity index (χ1n) is 2.92. The summed E-state index contributed by atoms with van der Waals surface area (Å²) in [6.07, 6.45) is 5.35. The molecule has 0 spiro atoms. The summed E-state index contributed by atoms with van der Waals surface area (Å²) in [5.41, 5.74) is 0. The SMILES string of the molecule is CC(C)c1n[c-]c[c-]n1.[CH3-].[CH3-].[W+2].[W+2]. The molecule has 13 heavy (non-hydrogen) atoms. The van der Waals surface area contributed by atoms with Crippen LogP contribution in [0.1, 0.15) is 25.6 Å². The maximum atomic E-state index is 3.91. The van der Waals surface area contributed by atoms with Gasteiger partial charge >= 0.3 is 42.1 Å². The fraction of sp³-hybridized carbons (Fsp3) is 0.333. The van der Waals surface area contributed by atoms with E-state index in [0.29, 0.717) is 5.92 Å². The van der Waals surface area contributed by atoms with Gasteiger partial charge in [0.1, 0.15) is 0 Å². The van der Waals surface area contributed by atoms with Gasteiger partial charge in [-0.25, -0.2) is 0 Å². The summed E-state index contributed by atoms with van der Waals surface area (Å²) in [6, 6.07) is 1.58. The first-order chi connectivity index (χ1) is 4.30. The van der Waals surface area contributed by atoms with Crippen LogP contribution in [-0.2, 0) is 42.1 Å². The summed E-state index contributed by atoms with van der Waals surface area (Å²) in [4.78, 5) is 7.82. The molecule has 72 valence electrons. The molecule has 1 rings (SSSR count). The fourth-order valence-electron chi connectivity index (χ4n) is 0.509. The van der Waals surface area contributed by atoms with Gasteiger partial charge in [0.2, 0.25) is 0 Å². The smallest absolute Gasteiger partial charge is 0.509 e. The van der Waals surface area contributed by atoms with E-state index in [0.717, 1.165) is 5.82 Å². The number of hydrogen-bond acceptors (Lipinski definition) is 2. The van der Waals surface area contributed by atoms with E-state index in [9.17, 15) is 0 Å². The second kappa shape index (κ2) is 12.5. The van der Waals surface area contributed by atoms with E-state index in [1.807, 2.05) is 13.8 Å². The minimum absolute atomic E-state index is 0. The van der Waals surface area contributed by atoms with Crippen molar-refractivity contribution in [3.8, 4) is 0 Å². The normalized spacial score (nSPS) is 7.00. The van der Waals surface area contributed by atoms with Crippen LogP contribution in [0.15, 0.2) is 6.07 Å². The van der Waals surface area contributed by atoms with Crippen LogP contribution in [0.5, 0.6) is 0 Å². The second-order valence-electron chi connectivity index (χ2n) is 2.14. The molecule has 0 saturated heterocycles. The van der Waals surface area contributed by atoms with Gasteiger partial charge in [-0.3, -0.25) is 18.5 Å². The fourth-order valence-corrected chi connectivity index (χ4v) is 0.509. The monoisotopic (exact) mass is 518 g/mol. The van der Waals surface area contributed by atoms with E-state index < -0.39 is 0 Å². The van der Waals surface area contributed by atoms with E-state index >= 15 is 0 Å². The minimum atomic E-state index is 0. The van der Waals surface area contributed by atoms with Gasteiger partial charge in [0.15, 0.2) is 0 Å². The molecule has 1 aromatic heterocycles. The van der Waals surface area contributed by atoms with Crippen LogP contribution in [-0.4, -0.2) is 9.97 Å². The molecule has 0 radical (unpaired) electrons. The standard InChI is InChI=1S/C7H8N2.2CH3.2W/c1-6(2)7-8-4-3-5-9-7;;;;/h3,6H,1-2H3;2*1H3;;/q-2;2*-1;2*+2. The van der Waals surface area contributed by atoms with Crippen LogP contribution in [0.4, 0.5) is 0 Å². The molecule has 0 bridgehead atoms. The largest absolute Gasteiger partial charge is 2.00 e. The summed E-state index contributed by atoms with van der Waals surface area (Å²) >= 11 is 0. The van der Waals surface area contributed by atoms with E-state index in [1.54, 1.807) is 6.07 Å². The molecule has 0 saturated carbocycles. The molecule has 4 heteroatoms. The number of rotatable bonds is 1. The molecule has 1 aromatic rings. The Bertz CT molecular complexity index is 178. The van der Waals surface area contributed by atoms with E-state index in [2.05, 4.69) is 22.4 Å². The van der Waals surface area contributed by atoms with Crippen LogP contribution in [0.3, 0.4) is 0 Å². The Balaban J connectivity index is -0.000000101. The number of nitrogens with zero attached hydrogens (tertiary/aromatic N) is 2. The van der Waals surface area contributed by atoms with Gasteiger partial charge in [0, 0.05) is 0 Å². The Kier molecular flexibility index (Phi) is 22.4. The van der Waals surface area contributed by atoms with E-state index in [4.69, 9.17) is 0 Å². The third kappa shape index (κ3) is 8.78. The first-order valence-corrected chi connectivity index (χ1v) is 2.92. The van der Waals surface area contributed by atoms with E-state index in [1.165, 1.54) is 0 Å². The summed E-state index contributed by atoms with van der Waals surface area (Å²) in [5, 5.41) is 0. The first kappa shape index (κ1) is 23.3. The molecule has 0 unspecified atom stereocenters. The third-order valence-electron chi connectivity index (χ3n) is 1.00. The average Bonchev–Trinajstić information content (AvgIpc) is 1.90. The van der Waals surface area contributed by atoms with Crippen LogP contribution in [0.2, 0.25) is 0 Å². The van der Waals surface area contributed by atoms with Crippen molar-refractivity contribution in [2.75, 3.05) is 0 Å². The second-order valence-corrected chi connectivity index (χ2v) is 2.14. The zero-order valence-corrected chi connectivity index (χ0v) is 14.2. The third-order valence-corrected chi connectivity index (χ3v) is 1.00. The van der Waals surface area contributed by atoms with Crippen LogP contribution in [0.25, 0.3) is 0 Å². The summed E-state index contributed by atoms with van der Waals surface area (Å²) in [5.74, 6) is 1.18.